The average Bonchev–Trinajstić information content (AvgIpc) is 2.88. The molecule has 1 N–H and O–H groups in total. The molecule has 1 heterocycles. The first kappa shape index (κ1) is 20.5. The Morgan fingerprint density at radius 2 is 2.00 bits per heavy atom. The van der Waals surface area contributed by atoms with E-state index in [-0.39, 0.29) is 17.4 Å². The Bertz CT molecular complexity index is 979. The van der Waals surface area contributed by atoms with E-state index in [4.69, 9.17) is 23.2 Å². The van der Waals surface area contributed by atoms with Crippen LogP contribution >= 0.6 is 35.0 Å². The molecule has 3 rings (SSSR count). The molecule has 1 aliphatic heterocycles. The number of rotatable bonds is 5. The van der Waals surface area contributed by atoms with E-state index in [9.17, 15) is 13.2 Å². The topological polar surface area (TPSA) is 63.2 Å². The van der Waals surface area contributed by atoms with E-state index in [0.29, 0.717) is 27.8 Å². The Kier molecular flexibility index (Phi) is 6.11. The normalized spacial score (nSPS) is 21.1. The minimum Gasteiger partial charge on any atom is -0.346 e. The van der Waals surface area contributed by atoms with E-state index in [1.165, 1.54) is 11.8 Å². The highest BCUT2D eigenvalue weighted by Crippen LogP contribution is 2.32. The van der Waals surface area contributed by atoms with Crippen molar-refractivity contribution >= 4 is 50.7 Å². The van der Waals surface area contributed by atoms with E-state index in [1.807, 2.05) is 24.3 Å². The zero-order valence-electron chi connectivity index (χ0n) is 14.7. The molecule has 0 unspecified atom stereocenters. The summed E-state index contributed by atoms with van der Waals surface area (Å²) < 4.78 is 23.4. The van der Waals surface area contributed by atoms with Crippen LogP contribution in [0.1, 0.15) is 29.3 Å². The summed E-state index contributed by atoms with van der Waals surface area (Å²) in [5, 5.41) is 4.13. The van der Waals surface area contributed by atoms with Crippen LogP contribution in [0.2, 0.25) is 10.0 Å². The number of thioether (sulfide) groups is 1. The molecule has 1 aliphatic rings. The van der Waals surface area contributed by atoms with Crippen molar-refractivity contribution in [2.75, 3.05) is 11.5 Å². The molecule has 0 radical (unpaired) electrons. The Hall–Kier alpha value is -1.21. The van der Waals surface area contributed by atoms with Crippen LogP contribution in [0.25, 0.3) is 0 Å². The van der Waals surface area contributed by atoms with Crippen molar-refractivity contribution in [2.24, 2.45) is 0 Å². The van der Waals surface area contributed by atoms with E-state index in [0.717, 1.165) is 10.5 Å². The summed E-state index contributed by atoms with van der Waals surface area (Å²) in [5.41, 5.74) is 0.762. The molecule has 0 spiro atoms. The van der Waals surface area contributed by atoms with Gasteiger partial charge in [-0.2, -0.15) is 0 Å². The lowest BCUT2D eigenvalue weighted by Crippen LogP contribution is -2.46. The zero-order valence-corrected chi connectivity index (χ0v) is 17.8. The molecular formula is C19H19Cl2NO3S2. The fourth-order valence-corrected chi connectivity index (χ4v) is 6.54. The van der Waals surface area contributed by atoms with Gasteiger partial charge in [0, 0.05) is 21.2 Å². The van der Waals surface area contributed by atoms with Gasteiger partial charge in [-0.3, -0.25) is 4.79 Å². The van der Waals surface area contributed by atoms with E-state index >= 15 is 0 Å². The summed E-state index contributed by atoms with van der Waals surface area (Å²) in [5.74, 6) is 0.463. The second-order valence-corrected chi connectivity index (χ2v) is 11.0. The summed E-state index contributed by atoms with van der Waals surface area (Å²) in [6.07, 6.45) is 0.434. The van der Waals surface area contributed by atoms with Gasteiger partial charge >= 0.3 is 0 Å². The highest BCUT2D eigenvalue weighted by molar-refractivity contribution is 7.98. The highest BCUT2D eigenvalue weighted by atomic mass is 35.5. The van der Waals surface area contributed by atoms with Crippen LogP contribution in [0.4, 0.5) is 0 Å². The largest absolute Gasteiger partial charge is 0.346 e. The van der Waals surface area contributed by atoms with Gasteiger partial charge in [-0.25, -0.2) is 8.42 Å². The van der Waals surface area contributed by atoms with Crippen molar-refractivity contribution < 1.29 is 13.2 Å². The third-order valence-electron chi connectivity index (χ3n) is 4.40. The van der Waals surface area contributed by atoms with E-state index in [2.05, 4.69) is 5.32 Å². The second kappa shape index (κ2) is 8.03. The Balaban J connectivity index is 1.68. The molecule has 0 aliphatic carbocycles. The van der Waals surface area contributed by atoms with Gasteiger partial charge in [0.05, 0.1) is 22.1 Å². The minimum atomic E-state index is -3.08. The predicted octanol–water partition coefficient (Wildman–Crippen LogP) is 4.59. The number of carbonyl (C=O) groups is 1. The van der Waals surface area contributed by atoms with Gasteiger partial charge in [-0.15, -0.1) is 11.8 Å². The van der Waals surface area contributed by atoms with Crippen molar-refractivity contribution in [1.29, 1.82) is 0 Å². The number of halogens is 2. The molecule has 4 nitrogen and oxygen atoms in total. The van der Waals surface area contributed by atoms with Gasteiger partial charge < -0.3 is 5.32 Å². The van der Waals surface area contributed by atoms with Crippen LogP contribution in [0.5, 0.6) is 0 Å². The van der Waals surface area contributed by atoms with Crippen LogP contribution in [0.3, 0.4) is 0 Å². The fraction of sp³-hybridized carbons (Fsp3) is 0.316. The van der Waals surface area contributed by atoms with Gasteiger partial charge in [0.1, 0.15) is 0 Å². The number of hydrogen-bond acceptors (Lipinski definition) is 4. The molecular weight excluding hydrogens is 425 g/mol. The number of hydrogen-bond donors (Lipinski definition) is 1. The molecule has 2 aromatic rings. The molecule has 144 valence electrons. The maximum atomic E-state index is 12.6. The molecule has 1 atom stereocenters. The first-order chi connectivity index (χ1) is 12.7. The second-order valence-electron chi connectivity index (χ2n) is 6.92. The van der Waals surface area contributed by atoms with Crippen LogP contribution < -0.4 is 5.32 Å². The SMILES string of the molecule is C[C@@]1(NC(=O)c2cccc(CSc3cc(Cl)ccc3Cl)c2)CCS(=O)(=O)C1. The van der Waals surface area contributed by atoms with Crippen LogP contribution in [0, 0.1) is 0 Å². The summed E-state index contributed by atoms with van der Waals surface area (Å²) in [7, 11) is -3.08. The van der Waals surface area contributed by atoms with Crippen LogP contribution in [-0.4, -0.2) is 31.4 Å². The van der Waals surface area contributed by atoms with Crippen molar-refractivity contribution in [3.8, 4) is 0 Å². The quantitative estimate of drug-likeness (QED) is 0.686. The average molecular weight is 444 g/mol. The number of amides is 1. The number of sulfone groups is 1. The summed E-state index contributed by atoms with van der Waals surface area (Å²) in [6, 6.07) is 12.6. The summed E-state index contributed by atoms with van der Waals surface area (Å²) in [6.45, 7) is 1.77. The molecule has 1 saturated heterocycles. The van der Waals surface area contributed by atoms with Crippen molar-refractivity contribution in [3.05, 3.63) is 63.6 Å². The highest BCUT2D eigenvalue weighted by Gasteiger charge is 2.39. The van der Waals surface area contributed by atoms with Gasteiger partial charge in [0.2, 0.25) is 0 Å². The standard InChI is InChI=1S/C19H19Cl2NO3S2/c1-19(7-8-27(24,25)12-19)22-18(23)14-4-2-3-13(9-14)11-26-17-10-15(20)5-6-16(17)21/h2-6,9-10H,7-8,11-12H2,1H3,(H,22,23)/t19-/m1/s1. The van der Waals surface area contributed by atoms with Gasteiger partial charge in [0.25, 0.3) is 5.91 Å². The maximum Gasteiger partial charge on any atom is 0.251 e. The first-order valence-corrected chi connectivity index (χ1v) is 11.9. The lowest BCUT2D eigenvalue weighted by atomic mass is 10.0. The van der Waals surface area contributed by atoms with Gasteiger partial charge in [-0.1, -0.05) is 35.3 Å². The minimum absolute atomic E-state index is 0.0193. The summed E-state index contributed by atoms with van der Waals surface area (Å²) in [4.78, 5) is 13.5. The monoisotopic (exact) mass is 443 g/mol. The third-order valence-corrected chi connectivity index (χ3v) is 8.10. The molecule has 1 fully saturated rings. The predicted molar refractivity (Wildman–Crippen MR) is 112 cm³/mol. The van der Waals surface area contributed by atoms with Gasteiger partial charge in [0.15, 0.2) is 9.84 Å². The molecule has 8 heteroatoms. The zero-order chi connectivity index (χ0) is 19.7. The smallest absolute Gasteiger partial charge is 0.251 e. The number of benzene rings is 2. The molecule has 0 saturated carbocycles. The Labute approximate surface area is 173 Å². The van der Waals surface area contributed by atoms with Gasteiger partial charge in [-0.05, 0) is 49.2 Å². The van der Waals surface area contributed by atoms with Crippen molar-refractivity contribution in [2.45, 2.75) is 29.5 Å². The maximum absolute atomic E-state index is 12.6. The molecule has 1 amide bonds. The van der Waals surface area contributed by atoms with E-state index < -0.39 is 15.4 Å². The molecule has 0 aromatic heterocycles. The lowest BCUT2D eigenvalue weighted by molar-refractivity contribution is 0.0915. The Morgan fingerprint density at radius 3 is 2.70 bits per heavy atom. The first-order valence-electron chi connectivity index (χ1n) is 8.36. The van der Waals surface area contributed by atoms with Crippen molar-refractivity contribution in [3.63, 3.8) is 0 Å². The number of nitrogens with one attached hydrogen (secondary N) is 1. The van der Waals surface area contributed by atoms with Crippen LogP contribution in [0.15, 0.2) is 47.4 Å². The molecule has 0 bridgehead atoms. The lowest BCUT2D eigenvalue weighted by Gasteiger charge is -2.24. The third kappa shape index (κ3) is 5.41. The molecule has 2 aromatic carbocycles. The van der Waals surface area contributed by atoms with E-state index in [1.54, 1.807) is 25.1 Å². The fourth-order valence-electron chi connectivity index (χ4n) is 3.01. The number of carbonyl (C=O) groups excluding carboxylic acids is 1. The molecule has 27 heavy (non-hydrogen) atoms. The Morgan fingerprint density at radius 1 is 1.22 bits per heavy atom. The summed E-state index contributed by atoms with van der Waals surface area (Å²) >= 11 is 13.7. The van der Waals surface area contributed by atoms with Crippen LogP contribution in [-0.2, 0) is 15.6 Å². The van der Waals surface area contributed by atoms with Crippen molar-refractivity contribution in [1.82, 2.24) is 5.32 Å².